The standard InChI is InChI=1S/C8H11NOS/c1-5(2)7(10)8-9-6(3)4-11-8/h4,7,10H,1H2,2-3H3. The summed E-state index contributed by atoms with van der Waals surface area (Å²) in [5.41, 5.74) is 1.68. The van der Waals surface area contributed by atoms with E-state index in [0.717, 1.165) is 16.3 Å². The predicted molar refractivity (Wildman–Crippen MR) is 46.6 cm³/mol. The van der Waals surface area contributed by atoms with Gasteiger partial charge in [-0.05, 0) is 19.4 Å². The lowest BCUT2D eigenvalue weighted by atomic mass is 10.2. The summed E-state index contributed by atoms with van der Waals surface area (Å²) in [6, 6.07) is 0. The smallest absolute Gasteiger partial charge is 0.126 e. The summed E-state index contributed by atoms with van der Waals surface area (Å²) in [5, 5.41) is 12.1. The molecule has 1 rings (SSSR count). The van der Waals surface area contributed by atoms with Crippen LogP contribution in [0.4, 0.5) is 0 Å². The Kier molecular flexibility index (Phi) is 2.42. The number of aliphatic hydroxyl groups excluding tert-OH is 1. The number of nitrogens with zero attached hydrogens (tertiary/aromatic N) is 1. The van der Waals surface area contributed by atoms with E-state index < -0.39 is 6.10 Å². The molecule has 0 radical (unpaired) electrons. The number of hydrogen-bond acceptors (Lipinski definition) is 3. The van der Waals surface area contributed by atoms with E-state index in [1.807, 2.05) is 12.3 Å². The number of aliphatic hydroxyl groups is 1. The zero-order valence-corrected chi connectivity index (χ0v) is 7.48. The first-order valence-electron chi connectivity index (χ1n) is 3.36. The lowest BCUT2D eigenvalue weighted by Crippen LogP contribution is -1.96. The first-order valence-corrected chi connectivity index (χ1v) is 4.24. The van der Waals surface area contributed by atoms with Gasteiger partial charge in [0, 0.05) is 11.1 Å². The van der Waals surface area contributed by atoms with Crippen LogP contribution in [0.15, 0.2) is 17.5 Å². The van der Waals surface area contributed by atoms with Crippen molar-refractivity contribution in [1.82, 2.24) is 4.98 Å². The van der Waals surface area contributed by atoms with Gasteiger partial charge in [0.2, 0.25) is 0 Å². The number of aryl methyl sites for hydroxylation is 1. The van der Waals surface area contributed by atoms with Crippen molar-refractivity contribution in [2.75, 3.05) is 0 Å². The zero-order valence-electron chi connectivity index (χ0n) is 6.66. The molecule has 0 spiro atoms. The van der Waals surface area contributed by atoms with Gasteiger partial charge in [0.05, 0.1) is 0 Å². The zero-order chi connectivity index (χ0) is 8.43. The highest BCUT2D eigenvalue weighted by molar-refractivity contribution is 7.09. The maximum Gasteiger partial charge on any atom is 0.126 e. The molecule has 60 valence electrons. The summed E-state index contributed by atoms with van der Waals surface area (Å²) in [5.74, 6) is 0. The molecule has 0 saturated carbocycles. The third kappa shape index (κ3) is 1.88. The van der Waals surface area contributed by atoms with Crippen molar-refractivity contribution < 1.29 is 5.11 Å². The van der Waals surface area contributed by atoms with Crippen molar-refractivity contribution in [2.45, 2.75) is 20.0 Å². The van der Waals surface area contributed by atoms with Crippen LogP contribution >= 0.6 is 11.3 Å². The van der Waals surface area contributed by atoms with Crippen LogP contribution in [0.5, 0.6) is 0 Å². The summed E-state index contributed by atoms with van der Waals surface area (Å²) in [6.07, 6.45) is -0.589. The van der Waals surface area contributed by atoms with E-state index in [4.69, 9.17) is 0 Å². The molecule has 3 heteroatoms. The maximum absolute atomic E-state index is 9.46. The molecule has 0 saturated heterocycles. The Morgan fingerprint density at radius 3 is 2.82 bits per heavy atom. The van der Waals surface area contributed by atoms with Crippen molar-refractivity contribution in [3.8, 4) is 0 Å². The fourth-order valence-electron chi connectivity index (χ4n) is 0.709. The lowest BCUT2D eigenvalue weighted by Gasteiger charge is -2.04. The molecular weight excluding hydrogens is 158 g/mol. The average molecular weight is 169 g/mol. The molecule has 1 unspecified atom stereocenters. The van der Waals surface area contributed by atoms with E-state index >= 15 is 0 Å². The quantitative estimate of drug-likeness (QED) is 0.687. The van der Waals surface area contributed by atoms with Gasteiger partial charge in [-0.15, -0.1) is 11.3 Å². The van der Waals surface area contributed by atoms with Crippen molar-refractivity contribution in [1.29, 1.82) is 0 Å². The second-order valence-electron chi connectivity index (χ2n) is 2.58. The molecule has 0 aliphatic rings. The summed E-state index contributed by atoms with van der Waals surface area (Å²) >= 11 is 1.46. The minimum Gasteiger partial charge on any atom is -0.382 e. The van der Waals surface area contributed by atoms with Gasteiger partial charge in [-0.3, -0.25) is 0 Å². The van der Waals surface area contributed by atoms with Gasteiger partial charge in [-0.25, -0.2) is 4.98 Å². The lowest BCUT2D eigenvalue weighted by molar-refractivity contribution is 0.215. The van der Waals surface area contributed by atoms with E-state index in [1.165, 1.54) is 11.3 Å². The summed E-state index contributed by atoms with van der Waals surface area (Å²) < 4.78 is 0. The first-order chi connectivity index (χ1) is 5.11. The molecule has 0 fully saturated rings. The highest BCUT2D eigenvalue weighted by atomic mass is 32.1. The average Bonchev–Trinajstić information content (AvgIpc) is 2.34. The van der Waals surface area contributed by atoms with Gasteiger partial charge in [0.25, 0.3) is 0 Å². The molecule has 1 N–H and O–H groups in total. The molecule has 1 atom stereocenters. The molecule has 0 aliphatic carbocycles. The molecule has 0 bridgehead atoms. The maximum atomic E-state index is 9.46. The second kappa shape index (κ2) is 3.15. The van der Waals surface area contributed by atoms with Crippen LogP contribution in [0, 0.1) is 6.92 Å². The fourth-order valence-corrected chi connectivity index (χ4v) is 1.58. The Labute approximate surface area is 70.2 Å². The van der Waals surface area contributed by atoms with Gasteiger partial charge in [-0.1, -0.05) is 6.58 Å². The Bertz CT molecular complexity index is 267. The van der Waals surface area contributed by atoms with Gasteiger partial charge >= 0.3 is 0 Å². The molecule has 11 heavy (non-hydrogen) atoms. The minimum absolute atomic E-state index is 0.589. The molecule has 2 nitrogen and oxygen atoms in total. The summed E-state index contributed by atoms with van der Waals surface area (Å²) in [6.45, 7) is 7.36. The number of rotatable bonds is 2. The van der Waals surface area contributed by atoms with Crippen LogP contribution in [0.3, 0.4) is 0 Å². The number of aromatic nitrogens is 1. The first kappa shape index (κ1) is 8.43. The van der Waals surface area contributed by atoms with Crippen LogP contribution in [0.2, 0.25) is 0 Å². The SMILES string of the molecule is C=C(C)C(O)c1nc(C)cs1. The van der Waals surface area contributed by atoms with Crippen LogP contribution in [0.25, 0.3) is 0 Å². The number of thiazole rings is 1. The Hall–Kier alpha value is -0.670. The fraction of sp³-hybridized carbons (Fsp3) is 0.375. The number of hydrogen-bond donors (Lipinski definition) is 1. The topological polar surface area (TPSA) is 33.1 Å². The molecule has 1 heterocycles. The van der Waals surface area contributed by atoms with Gasteiger partial charge in [0.1, 0.15) is 11.1 Å². The monoisotopic (exact) mass is 169 g/mol. The third-order valence-corrected chi connectivity index (χ3v) is 2.35. The highest BCUT2D eigenvalue weighted by Crippen LogP contribution is 2.22. The summed E-state index contributed by atoms with van der Waals surface area (Å²) in [7, 11) is 0. The minimum atomic E-state index is -0.589. The Morgan fingerprint density at radius 2 is 2.45 bits per heavy atom. The van der Waals surface area contributed by atoms with Gasteiger partial charge in [0.15, 0.2) is 0 Å². The van der Waals surface area contributed by atoms with E-state index in [-0.39, 0.29) is 0 Å². The molecular formula is C8H11NOS. The van der Waals surface area contributed by atoms with E-state index in [0.29, 0.717) is 0 Å². The highest BCUT2D eigenvalue weighted by Gasteiger charge is 2.10. The van der Waals surface area contributed by atoms with E-state index in [9.17, 15) is 5.11 Å². The Morgan fingerprint density at radius 1 is 1.82 bits per heavy atom. The van der Waals surface area contributed by atoms with Crippen LogP contribution in [0.1, 0.15) is 23.7 Å². The van der Waals surface area contributed by atoms with Gasteiger partial charge < -0.3 is 5.11 Å². The normalized spacial score (nSPS) is 13.0. The van der Waals surface area contributed by atoms with Crippen molar-refractivity contribution in [2.24, 2.45) is 0 Å². The third-order valence-electron chi connectivity index (χ3n) is 1.34. The second-order valence-corrected chi connectivity index (χ2v) is 3.47. The molecule has 0 aromatic carbocycles. The van der Waals surface area contributed by atoms with Crippen molar-refractivity contribution >= 4 is 11.3 Å². The molecule has 0 aliphatic heterocycles. The van der Waals surface area contributed by atoms with Crippen molar-refractivity contribution in [3.05, 3.63) is 28.2 Å². The van der Waals surface area contributed by atoms with Gasteiger partial charge in [-0.2, -0.15) is 0 Å². The van der Waals surface area contributed by atoms with Crippen LogP contribution in [-0.4, -0.2) is 10.1 Å². The summed E-state index contributed by atoms with van der Waals surface area (Å²) in [4.78, 5) is 4.14. The molecule has 1 aromatic rings. The van der Waals surface area contributed by atoms with Crippen LogP contribution in [-0.2, 0) is 0 Å². The van der Waals surface area contributed by atoms with Crippen molar-refractivity contribution in [3.63, 3.8) is 0 Å². The molecule has 1 aromatic heterocycles. The largest absolute Gasteiger partial charge is 0.382 e. The van der Waals surface area contributed by atoms with Crippen LogP contribution < -0.4 is 0 Å². The molecule has 0 amide bonds. The predicted octanol–water partition coefficient (Wildman–Crippen LogP) is 2.06. The van der Waals surface area contributed by atoms with E-state index in [1.54, 1.807) is 6.92 Å². The Balaban J connectivity index is 2.84. The van der Waals surface area contributed by atoms with E-state index in [2.05, 4.69) is 11.6 Å².